The first-order chi connectivity index (χ1) is 9.66. The zero-order chi connectivity index (χ0) is 14.5. The number of carbonyl (C=O) groups excluding carboxylic acids is 1. The van der Waals surface area contributed by atoms with Gasteiger partial charge in [-0.2, -0.15) is 0 Å². The molecule has 2 aliphatic heterocycles. The molecule has 2 saturated heterocycles. The van der Waals surface area contributed by atoms with Crippen LogP contribution in [-0.2, 0) is 4.79 Å². The number of hydrogen-bond acceptors (Lipinski definition) is 2. The standard InChI is InChI=1S/C17H32N2O/c1-4-13(5-2)12-19(6-3)17(20)11-14-9-15-7-8-16(10-14)18-15/h13-16,18H,4-12H2,1-3H3. The van der Waals surface area contributed by atoms with Crippen LogP contribution in [0.1, 0.15) is 65.7 Å². The molecule has 0 saturated carbocycles. The van der Waals surface area contributed by atoms with E-state index in [4.69, 9.17) is 0 Å². The van der Waals surface area contributed by atoms with E-state index in [1.54, 1.807) is 0 Å². The maximum atomic E-state index is 12.5. The van der Waals surface area contributed by atoms with Gasteiger partial charge in [-0.15, -0.1) is 0 Å². The summed E-state index contributed by atoms with van der Waals surface area (Å²) in [7, 11) is 0. The van der Waals surface area contributed by atoms with Crippen molar-refractivity contribution in [1.29, 1.82) is 0 Å². The maximum Gasteiger partial charge on any atom is 0.222 e. The minimum atomic E-state index is 0.394. The van der Waals surface area contributed by atoms with Crippen molar-refractivity contribution in [2.75, 3.05) is 13.1 Å². The topological polar surface area (TPSA) is 32.3 Å². The third kappa shape index (κ3) is 3.97. The van der Waals surface area contributed by atoms with E-state index in [0.29, 0.717) is 29.8 Å². The highest BCUT2D eigenvalue weighted by Gasteiger charge is 2.34. The average molecular weight is 280 g/mol. The quantitative estimate of drug-likeness (QED) is 0.777. The molecule has 2 heterocycles. The highest BCUT2D eigenvalue weighted by molar-refractivity contribution is 5.76. The number of fused-ring (bicyclic) bond motifs is 2. The van der Waals surface area contributed by atoms with Crippen LogP contribution in [0.15, 0.2) is 0 Å². The molecule has 2 unspecified atom stereocenters. The molecule has 2 atom stereocenters. The van der Waals surface area contributed by atoms with E-state index in [1.807, 2.05) is 0 Å². The second-order valence-corrected chi connectivity index (χ2v) is 6.79. The molecule has 1 amide bonds. The maximum absolute atomic E-state index is 12.5. The van der Waals surface area contributed by atoms with E-state index >= 15 is 0 Å². The van der Waals surface area contributed by atoms with E-state index < -0.39 is 0 Å². The molecule has 116 valence electrons. The Hall–Kier alpha value is -0.570. The predicted molar refractivity (Wildman–Crippen MR) is 83.6 cm³/mol. The molecular formula is C17H32N2O. The van der Waals surface area contributed by atoms with Crippen molar-refractivity contribution in [1.82, 2.24) is 10.2 Å². The summed E-state index contributed by atoms with van der Waals surface area (Å²) in [6.07, 6.45) is 8.20. The summed E-state index contributed by atoms with van der Waals surface area (Å²) in [6.45, 7) is 8.41. The highest BCUT2D eigenvalue weighted by atomic mass is 16.2. The van der Waals surface area contributed by atoms with Crippen molar-refractivity contribution in [2.45, 2.75) is 77.8 Å². The van der Waals surface area contributed by atoms with Crippen LogP contribution in [-0.4, -0.2) is 36.0 Å². The van der Waals surface area contributed by atoms with Crippen molar-refractivity contribution < 1.29 is 4.79 Å². The summed E-state index contributed by atoms with van der Waals surface area (Å²) in [4.78, 5) is 14.6. The number of rotatable bonds is 7. The van der Waals surface area contributed by atoms with Gasteiger partial charge < -0.3 is 10.2 Å². The number of amides is 1. The Bertz CT molecular complexity index is 302. The van der Waals surface area contributed by atoms with Crippen LogP contribution in [0, 0.1) is 11.8 Å². The second-order valence-electron chi connectivity index (χ2n) is 6.79. The van der Waals surface area contributed by atoms with Gasteiger partial charge in [-0.1, -0.05) is 26.7 Å². The lowest BCUT2D eigenvalue weighted by Crippen LogP contribution is -2.41. The molecule has 1 N–H and O–H groups in total. The van der Waals surface area contributed by atoms with Gasteiger partial charge >= 0.3 is 0 Å². The lowest BCUT2D eigenvalue weighted by molar-refractivity contribution is -0.133. The molecule has 0 spiro atoms. The molecule has 3 heteroatoms. The van der Waals surface area contributed by atoms with Gasteiger partial charge in [0.1, 0.15) is 0 Å². The molecule has 2 bridgehead atoms. The van der Waals surface area contributed by atoms with E-state index in [1.165, 1.54) is 38.5 Å². The molecule has 2 aliphatic rings. The Morgan fingerprint density at radius 2 is 1.75 bits per heavy atom. The van der Waals surface area contributed by atoms with E-state index in [2.05, 4.69) is 31.0 Å². The fraction of sp³-hybridized carbons (Fsp3) is 0.941. The van der Waals surface area contributed by atoms with Crippen molar-refractivity contribution in [3.8, 4) is 0 Å². The first kappa shape index (κ1) is 15.8. The van der Waals surface area contributed by atoms with Crippen molar-refractivity contribution >= 4 is 5.91 Å². The molecular weight excluding hydrogens is 248 g/mol. The second kappa shape index (κ2) is 7.44. The number of nitrogens with one attached hydrogen (secondary N) is 1. The van der Waals surface area contributed by atoms with Gasteiger partial charge in [-0.25, -0.2) is 0 Å². The molecule has 0 aromatic carbocycles. The Balaban J connectivity index is 1.82. The predicted octanol–water partition coefficient (Wildman–Crippen LogP) is 3.19. The highest BCUT2D eigenvalue weighted by Crippen LogP contribution is 2.33. The molecule has 0 aliphatic carbocycles. The van der Waals surface area contributed by atoms with E-state index in [-0.39, 0.29) is 0 Å². The Labute approximate surface area is 124 Å². The van der Waals surface area contributed by atoms with Crippen molar-refractivity contribution in [3.63, 3.8) is 0 Å². The minimum absolute atomic E-state index is 0.394. The summed E-state index contributed by atoms with van der Waals surface area (Å²) in [6, 6.07) is 1.39. The van der Waals surface area contributed by atoms with Crippen LogP contribution in [0.5, 0.6) is 0 Å². The molecule has 0 radical (unpaired) electrons. The van der Waals surface area contributed by atoms with Crippen LogP contribution in [0.25, 0.3) is 0 Å². The number of carbonyl (C=O) groups is 1. The van der Waals surface area contributed by atoms with Crippen LogP contribution < -0.4 is 5.32 Å². The third-order valence-corrected chi connectivity index (χ3v) is 5.40. The first-order valence-corrected chi connectivity index (χ1v) is 8.69. The third-order valence-electron chi connectivity index (χ3n) is 5.40. The van der Waals surface area contributed by atoms with Crippen molar-refractivity contribution in [3.05, 3.63) is 0 Å². The molecule has 0 aromatic heterocycles. The van der Waals surface area contributed by atoms with Crippen LogP contribution in [0.3, 0.4) is 0 Å². The normalized spacial score (nSPS) is 28.9. The molecule has 20 heavy (non-hydrogen) atoms. The Morgan fingerprint density at radius 1 is 1.15 bits per heavy atom. The lowest BCUT2D eigenvalue weighted by atomic mass is 9.89. The van der Waals surface area contributed by atoms with Crippen LogP contribution in [0.2, 0.25) is 0 Å². The number of piperidine rings is 1. The summed E-state index contributed by atoms with van der Waals surface area (Å²) in [5.41, 5.74) is 0. The van der Waals surface area contributed by atoms with Gasteiger partial charge in [-0.05, 0) is 44.4 Å². The molecule has 2 fully saturated rings. The lowest BCUT2D eigenvalue weighted by Gasteiger charge is -2.31. The van der Waals surface area contributed by atoms with Gasteiger partial charge in [0.05, 0.1) is 0 Å². The summed E-state index contributed by atoms with van der Waals surface area (Å²) >= 11 is 0. The zero-order valence-electron chi connectivity index (χ0n) is 13.5. The largest absolute Gasteiger partial charge is 0.343 e. The number of hydrogen-bond donors (Lipinski definition) is 1. The zero-order valence-corrected chi connectivity index (χ0v) is 13.5. The number of nitrogens with zero attached hydrogens (tertiary/aromatic N) is 1. The van der Waals surface area contributed by atoms with Gasteiger partial charge in [0.2, 0.25) is 5.91 Å². The van der Waals surface area contributed by atoms with E-state index in [0.717, 1.165) is 19.5 Å². The monoisotopic (exact) mass is 280 g/mol. The van der Waals surface area contributed by atoms with Crippen molar-refractivity contribution in [2.24, 2.45) is 11.8 Å². The fourth-order valence-corrected chi connectivity index (χ4v) is 3.98. The SMILES string of the molecule is CCC(CC)CN(CC)C(=O)CC1CC2CCC(C1)N2. The molecule has 3 nitrogen and oxygen atoms in total. The van der Waals surface area contributed by atoms with Crippen LogP contribution in [0.4, 0.5) is 0 Å². The van der Waals surface area contributed by atoms with Gasteiger partial charge in [0.15, 0.2) is 0 Å². The molecule has 2 rings (SSSR count). The summed E-state index contributed by atoms with van der Waals surface area (Å²) in [5.74, 6) is 1.69. The first-order valence-electron chi connectivity index (χ1n) is 8.69. The van der Waals surface area contributed by atoms with Gasteiger partial charge in [-0.3, -0.25) is 4.79 Å². The molecule has 0 aromatic rings. The summed E-state index contributed by atoms with van der Waals surface area (Å²) in [5, 5.41) is 3.66. The minimum Gasteiger partial charge on any atom is -0.343 e. The Morgan fingerprint density at radius 3 is 2.25 bits per heavy atom. The van der Waals surface area contributed by atoms with E-state index in [9.17, 15) is 4.79 Å². The smallest absolute Gasteiger partial charge is 0.222 e. The Kier molecular flexibility index (Phi) is 5.88. The van der Waals surface area contributed by atoms with Gasteiger partial charge in [0, 0.05) is 31.6 Å². The van der Waals surface area contributed by atoms with Gasteiger partial charge in [0.25, 0.3) is 0 Å². The average Bonchev–Trinajstić information content (AvgIpc) is 2.79. The summed E-state index contributed by atoms with van der Waals surface area (Å²) < 4.78 is 0. The van der Waals surface area contributed by atoms with Crippen LogP contribution >= 0.6 is 0 Å². The fourth-order valence-electron chi connectivity index (χ4n) is 3.98.